The molecule has 1 rings (SSSR count). The van der Waals surface area contributed by atoms with Gasteiger partial charge in [0.1, 0.15) is 0 Å². The largest absolute Gasteiger partial charge is 0.391 e. The van der Waals surface area contributed by atoms with E-state index in [1.165, 1.54) is 0 Å². The molecule has 4 nitrogen and oxygen atoms in total. The SMILES string of the molecule is NC1CC(O)COC1O. The Morgan fingerprint density at radius 3 is 2.56 bits per heavy atom. The summed E-state index contributed by atoms with van der Waals surface area (Å²) < 4.78 is 4.68. The second-order valence-electron chi connectivity index (χ2n) is 2.28. The molecule has 54 valence electrons. The van der Waals surface area contributed by atoms with Crippen LogP contribution in [0.1, 0.15) is 6.42 Å². The standard InChI is InChI=1S/C5H11NO3/c6-4-1-3(7)2-9-5(4)8/h3-5,7-8H,1-2,6H2. The molecule has 0 aromatic rings. The van der Waals surface area contributed by atoms with Crippen molar-refractivity contribution in [2.75, 3.05) is 6.61 Å². The minimum absolute atomic E-state index is 0.189. The van der Waals surface area contributed by atoms with Crippen LogP contribution < -0.4 is 5.73 Å². The molecule has 0 spiro atoms. The predicted octanol–water partition coefficient (Wildman–Crippen LogP) is -1.59. The fourth-order valence-corrected chi connectivity index (χ4v) is 0.832. The third kappa shape index (κ3) is 1.62. The van der Waals surface area contributed by atoms with Gasteiger partial charge >= 0.3 is 0 Å². The van der Waals surface area contributed by atoms with E-state index in [0.717, 1.165) is 0 Å². The molecule has 3 unspecified atom stereocenters. The van der Waals surface area contributed by atoms with Crippen molar-refractivity contribution in [3.8, 4) is 0 Å². The number of aliphatic hydroxyl groups excluding tert-OH is 2. The molecule has 1 aliphatic heterocycles. The number of rotatable bonds is 0. The Labute approximate surface area is 53.2 Å². The third-order valence-corrected chi connectivity index (χ3v) is 1.37. The molecule has 4 heteroatoms. The minimum Gasteiger partial charge on any atom is -0.391 e. The first-order chi connectivity index (χ1) is 4.20. The molecule has 1 heterocycles. The average molecular weight is 133 g/mol. The fraction of sp³-hybridized carbons (Fsp3) is 1.00. The van der Waals surface area contributed by atoms with Crippen LogP contribution in [0, 0.1) is 0 Å². The summed E-state index contributed by atoms with van der Waals surface area (Å²) in [4.78, 5) is 0. The molecule has 1 aliphatic rings. The molecule has 0 aromatic heterocycles. The van der Waals surface area contributed by atoms with Crippen molar-refractivity contribution in [1.29, 1.82) is 0 Å². The molecule has 0 radical (unpaired) electrons. The van der Waals surface area contributed by atoms with Gasteiger partial charge in [-0.1, -0.05) is 0 Å². The smallest absolute Gasteiger partial charge is 0.169 e. The average Bonchev–Trinajstić information content (AvgIpc) is 1.80. The molecule has 1 saturated heterocycles. The van der Waals surface area contributed by atoms with Crippen molar-refractivity contribution in [3.05, 3.63) is 0 Å². The molecule has 3 atom stereocenters. The summed E-state index contributed by atoms with van der Waals surface area (Å²) >= 11 is 0. The second kappa shape index (κ2) is 2.62. The minimum atomic E-state index is -0.895. The van der Waals surface area contributed by atoms with Crippen molar-refractivity contribution >= 4 is 0 Å². The van der Waals surface area contributed by atoms with E-state index in [4.69, 9.17) is 15.9 Å². The lowest BCUT2D eigenvalue weighted by Crippen LogP contribution is -2.46. The lowest BCUT2D eigenvalue weighted by Gasteiger charge is -2.27. The van der Waals surface area contributed by atoms with E-state index in [2.05, 4.69) is 4.74 Å². The van der Waals surface area contributed by atoms with Gasteiger partial charge in [0.15, 0.2) is 6.29 Å². The second-order valence-corrected chi connectivity index (χ2v) is 2.28. The zero-order chi connectivity index (χ0) is 6.85. The van der Waals surface area contributed by atoms with Crippen LogP contribution in [0.5, 0.6) is 0 Å². The summed E-state index contributed by atoms with van der Waals surface area (Å²) in [6, 6.07) is -0.436. The van der Waals surface area contributed by atoms with Crippen molar-refractivity contribution in [2.24, 2.45) is 5.73 Å². The van der Waals surface area contributed by atoms with Gasteiger partial charge in [-0.25, -0.2) is 0 Å². The van der Waals surface area contributed by atoms with Crippen molar-refractivity contribution in [3.63, 3.8) is 0 Å². The quantitative estimate of drug-likeness (QED) is 0.372. The number of hydrogen-bond acceptors (Lipinski definition) is 4. The van der Waals surface area contributed by atoms with Gasteiger partial charge in [0.05, 0.1) is 18.8 Å². The molecule has 9 heavy (non-hydrogen) atoms. The molecule has 0 aromatic carbocycles. The maximum atomic E-state index is 8.88. The van der Waals surface area contributed by atoms with E-state index in [0.29, 0.717) is 6.42 Å². The van der Waals surface area contributed by atoms with Gasteiger partial charge in [-0.15, -0.1) is 0 Å². The third-order valence-electron chi connectivity index (χ3n) is 1.37. The molecule has 4 N–H and O–H groups in total. The topological polar surface area (TPSA) is 75.7 Å². The number of nitrogens with two attached hydrogens (primary N) is 1. The van der Waals surface area contributed by atoms with E-state index < -0.39 is 18.4 Å². The van der Waals surface area contributed by atoms with E-state index in [1.807, 2.05) is 0 Å². The van der Waals surface area contributed by atoms with Gasteiger partial charge in [0, 0.05) is 0 Å². The lowest BCUT2D eigenvalue weighted by atomic mass is 10.1. The summed E-state index contributed by atoms with van der Waals surface area (Å²) in [5.74, 6) is 0. The Hall–Kier alpha value is -0.160. The highest BCUT2D eigenvalue weighted by molar-refractivity contribution is 4.74. The summed E-state index contributed by atoms with van der Waals surface area (Å²) in [7, 11) is 0. The van der Waals surface area contributed by atoms with Crippen LogP contribution in [0.15, 0.2) is 0 Å². The molecular formula is C5H11NO3. The summed E-state index contributed by atoms with van der Waals surface area (Å²) in [5.41, 5.74) is 5.33. The molecule has 1 fully saturated rings. The Morgan fingerprint density at radius 1 is 1.44 bits per heavy atom. The molecular weight excluding hydrogens is 122 g/mol. The van der Waals surface area contributed by atoms with Gasteiger partial charge < -0.3 is 20.7 Å². The van der Waals surface area contributed by atoms with Crippen LogP contribution in [0.2, 0.25) is 0 Å². The summed E-state index contributed by atoms with van der Waals surface area (Å²) in [6.45, 7) is 0.189. The van der Waals surface area contributed by atoms with Crippen LogP contribution in [0.25, 0.3) is 0 Å². The number of ether oxygens (including phenoxy) is 1. The predicted molar refractivity (Wildman–Crippen MR) is 30.6 cm³/mol. The van der Waals surface area contributed by atoms with Crippen LogP contribution >= 0.6 is 0 Å². The highest BCUT2D eigenvalue weighted by Crippen LogP contribution is 2.09. The van der Waals surface area contributed by atoms with Gasteiger partial charge in [0.25, 0.3) is 0 Å². The molecule has 0 amide bonds. The van der Waals surface area contributed by atoms with Crippen LogP contribution in [-0.2, 0) is 4.74 Å². The first-order valence-electron chi connectivity index (χ1n) is 2.93. The van der Waals surface area contributed by atoms with E-state index in [-0.39, 0.29) is 6.61 Å². The summed E-state index contributed by atoms with van der Waals surface area (Å²) in [6.07, 6.45) is -0.988. The van der Waals surface area contributed by atoms with Gasteiger partial charge in [-0.3, -0.25) is 0 Å². The Bertz CT molecular complexity index is 98.2. The van der Waals surface area contributed by atoms with Gasteiger partial charge in [-0.2, -0.15) is 0 Å². The van der Waals surface area contributed by atoms with Gasteiger partial charge in [-0.05, 0) is 6.42 Å². The van der Waals surface area contributed by atoms with Crippen molar-refractivity contribution in [1.82, 2.24) is 0 Å². The van der Waals surface area contributed by atoms with E-state index in [9.17, 15) is 0 Å². The summed E-state index contributed by atoms with van der Waals surface area (Å²) in [5, 5.41) is 17.7. The molecule has 0 saturated carbocycles. The van der Waals surface area contributed by atoms with E-state index >= 15 is 0 Å². The first kappa shape index (κ1) is 6.95. The zero-order valence-corrected chi connectivity index (χ0v) is 5.03. The maximum absolute atomic E-state index is 8.88. The van der Waals surface area contributed by atoms with Crippen LogP contribution in [0.3, 0.4) is 0 Å². The Kier molecular flexibility index (Phi) is 2.02. The number of hydrogen-bond donors (Lipinski definition) is 3. The normalized spacial score (nSPS) is 45.0. The first-order valence-corrected chi connectivity index (χ1v) is 2.93. The number of aliphatic hydroxyl groups is 2. The maximum Gasteiger partial charge on any atom is 0.169 e. The lowest BCUT2D eigenvalue weighted by molar-refractivity contribution is -0.166. The van der Waals surface area contributed by atoms with Crippen molar-refractivity contribution < 1.29 is 14.9 Å². The Balaban J connectivity index is 2.35. The molecule has 0 bridgehead atoms. The highest BCUT2D eigenvalue weighted by Gasteiger charge is 2.25. The zero-order valence-electron chi connectivity index (χ0n) is 5.03. The molecule has 0 aliphatic carbocycles. The van der Waals surface area contributed by atoms with Crippen LogP contribution in [-0.4, -0.2) is 35.3 Å². The van der Waals surface area contributed by atoms with Crippen molar-refractivity contribution in [2.45, 2.75) is 24.9 Å². The fourth-order valence-electron chi connectivity index (χ4n) is 0.832. The van der Waals surface area contributed by atoms with Crippen LogP contribution in [0.4, 0.5) is 0 Å². The highest BCUT2D eigenvalue weighted by atomic mass is 16.6. The Morgan fingerprint density at radius 2 is 2.11 bits per heavy atom. The van der Waals surface area contributed by atoms with Gasteiger partial charge in [0.2, 0.25) is 0 Å². The monoisotopic (exact) mass is 133 g/mol. The van der Waals surface area contributed by atoms with E-state index in [1.54, 1.807) is 0 Å².